The summed E-state index contributed by atoms with van der Waals surface area (Å²) in [5.41, 5.74) is 0.990. The molecule has 0 spiro atoms. The number of oxime groups is 1. The third kappa shape index (κ3) is 5.67. The molecule has 0 radical (unpaired) electrons. The van der Waals surface area contributed by atoms with Crippen LogP contribution in [0.5, 0.6) is 0 Å². The molecule has 2 nitrogen and oxygen atoms in total. The molecule has 0 rings (SSSR count). The normalized spacial score (nSPS) is 11.7. The predicted molar refractivity (Wildman–Crippen MR) is 59.4 cm³/mol. The summed E-state index contributed by atoms with van der Waals surface area (Å²) in [4.78, 5) is 0. The van der Waals surface area contributed by atoms with Gasteiger partial charge in [0.05, 0.1) is 5.71 Å². The Hall–Kier alpha value is 0.900. The number of rotatable bonds is 5. The maximum absolute atomic E-state index is 4.59. The summed E-state index contributed by atoms with van der Waals surface area (Å²) in [6.07, 6.45) is 0. The third-order valence-corrected chi connectivity index (χ3v) is 2.33. The van der Waals surface area contributed by atoms with E-state index in [1.165, 1.54) is 0 Å². The molecule has 0 heterocycles. The minimum Gasteiger partial charge on any atom is -0.327 e. The van der Waals surface area contributed by atoms with E-state index in [1.54, 1.807) is 23.0 Å². The number of halogens is 1. The Morgan fingerprint density at radius 3 is 2.90 bits per heavy atom. The van der Waals surface area contributed by atoms with Crippen LogP contribution < -0.4 is 0 Å². The molecule has 10 heavy (non-hydrogen) atoms. The average molecular weight is 291 g/mol. The lowest BCUT2D eigenvalue weighted by atomic mass is 10.5. The number of hydrogen-bond acceptors (Lipinski definition) is 4. The zero-order valence-electron chi connectivity index (χ0n) is 5.71. The molecule has 0 aliphatic heterocycles. The van der Waals surface area contributed by atoms with Gasteiger partial charge in [0, 0.05) is 11.5 Å². The van der Waals surface area contributed by atoms with E-state index in [-0.39, 0.29) is 0 Å². The van der Waals surface area contributed by atoms with Crippen LogP contribution in [-0.4, -0.2) is 23.0 Å². The van der Waals surface area contributed by atoms with Crippen LogP contribution in [0, 0.1) is 0 Å². The average Bonchev–Trinajstić information content (AvgIpc) is 1.98. The van der Waals surface area contributed by atoms with Crippen molar-refractivity contribution in [2.24, 2.45) is 5.16 Å². The molecule has 60 valence electrons. The minimum absolute atomic E-state index is 0.677. The highest BCUT2D eigenvalue weighted by atomic mass is 127. The van der Waals surface area contributed by atoms with Gasteiger partial charge in [0.1, 0.15) is 0 Å². The van der Waals surface area contributed by atoms with Crippen LogP contribution >= 0.6 is 47.4 Å². The number of thioether (sulfide) groups is 1. The molecule has 0 aliphatic carbocycles. The van der Waals surface area contributed by atoms with E-state index in [9.17, 15) is 0 Å². The SMILES string of the molecule is CCSC/C(CS)=N\OI. The second-order valence-electron chi connectivity index (χ2n) is 1.52. The molecule has 0 fully saturated rings. The van der Waals surface area contributed by atoms with E-state index >= 15 is 0 Å². The van der Waals surface area contributed by atoms with Crippen LogP contribution in [0.3, 0.4) is 0 Å². The van der Waals surface area contributed by atoms with Gasteiger partial charge in [-0.15, -0.1) is 0 Å². The molecule has 0 aromatic heterocycles. The van der Waals surface area contributed by atoms with Crippen molar-refractivity contribution in [3.8, 4) is 0 Å². The molecular weight excluding hydrogens is 281 g/mol. The van der Waals surface area contributed by atoms with E-state index in [2.05, 4.69) is 27.9 Å². The Kier molecular flexibility index (Phi) is 8.72. The Morgan fingerprint density at radius 1 is 1.80 bits per heavy atom. The second kappa shape index (κ2) is 8.00. The van der Waals surface area contributed by atoms with Gasteiger partial charge in [-0.2, -0.15) is 24.4 Å². The summed E-state index contributed by atoms with van der Waals surface area (Å²) in [5.74, 6) is 2.70. The molecule has 0 amide bonds. The van der Waals surface area contributed by atoms with Crippen LogP contribution in [0.25, 0.3) is 0 Å². The lowest BCUT2D eigenvalue weighted by molar-refractivity contribution is 0.464. The summed E-state index contributed by atoms with van der Waals surface area (Å²) in [6.45, 7) is 2.12. The lowest BCUT2D eigenvalue weighted by Crippen LogP contribution is -2.03. The highest BCUT2D eigenvalue weighted by molar-refractivity contribution is 14.1. The lowest BCUT2D eigenvalue weighted by Gasteiger charge is -1.97. The fraction of sp³-hybridized carbons (Fsp3) is 0.800. The first-order valence-corrected chi connectivity index (χ1v) is 5.54. The molecular formula is C5H10INOS2. The van der Waals surface area contributed by atoms with Crippen LogP contribution in [-0.2, 0) is 3.17 Å². The van der Waals surface area contributed by atoms with Crippen molar-refractivity contribution in [3.05, 3.63) is 0 Å². The molecule has 0 unspecified atom stereocenters. The van der Waals surface area contributed by atoms with Crippen molar-refractivity contribution in [2.45, 2.75) is 6.92 Å². The van der Waals surface area contributed by atoms with E-state index in [0.717, 1.165) is 17.2 Å². The summed E-state index contributed by atoms with van der Waals surface area (Å²) in [5, 5.41) is 3.79. The Labute approximate surface area is 85.3 Å². The molecule has 0 bridgehead atoms. The summed E-state index contributed by atoms with van der Waals surface area (Å²) in [7, 11) is 0. The van der Waals surface area contributed by atoms with Crippen LogP contribution in [0.4, 0.5) is 0 Å². The first-order chi connectivity index (χ1) is 4.85. The maximum atomic E-state index is 4.59. The van der Waals surface area contributed by atoms with E-state index in [4.69, 9.17) is 0 Å². The van der Waals surface area contributed by atoms with Crippen molar-refractivity contribution >= 4 is 53.1 Å². The van der Waals surface area contributed by atoms with E-state index in [0.29, 0.717) is 5.75 Å². The van der Waals surface area contributed by atoms with Crippen molar-refractivity contribution in [1.29, 1.82) is 0 Å². The Bertz CT molecular complexity index is 110. The Morgan fingerprint density at radius 2 is 2.50 bits per heavy atom. The van der Waals surface area contributed by atoms with Gasteiger partial charge in [0.2, 0.25) is 23.0 Å². The van der Waals surface area contributed by atoms with E-state index in [1.807, 2.05) is 11.8 Å². The fourth-order valence-electron chi connectivity index (χ4n) is 0.370. The molecule has 0 saturated heterocycles. The van der Waals surface area contributed by atoms with Gasteiger partial charge in [-0.1, -0.05) is 12.1 Å². The smallest absolute Gasteiger partial charge is 0.230 e. The summed E-state index contributed by atoms with van der Waals surface area (Å²) in [6, 6.07) is 0. The summed E-state index contributed by atoms with van der Waals surface area (Å²) >= 11 is 7.66. The first-order valence-electron chi connectivity index (χ1n) is 2.87. The molecule has 0 atom stereocenters. The topological polar surface area (TPSA) is 21.6 Å². The van der Waals surface area contributed by atoms with Gasteiger partial charge >= 0.3 is 0 Å². The van der Waals surface area contributed by atoms with Crippen molar-refractivity contribution in [1.82, 2.24) is 0 Å². The number of nitrogens with zero attached hydrogens (tertiary/aromatic N) is 1. The van der Waals surface area contributed by atoms with Crippen molar-refractivity contribution < 1.29 is 3.17 Å². The first kappa shape index (κ1) is 10.9. The van der Waals surface area contributed by atoms with Gasteiger partial charge in [0.25, 0.3) is 0 Å². The Balaban J connectivity index is 3.49. The number of hydrogen-bond donors (Lipinski definition) is 1. The van der Waals surface area contributed by atoms with Gasteiger partial charge < -0.3 is 3.17 Å². The van der Waals surface area contributed by atoms with Gasteiger partial charge in [-0.3, -0.25) is 0 Å². The molecule has 0 saturated carbocycles. The van der Waals surface area contributed by atoms with Crippen LogP contribution in [0.1, 0.15) is 6.92 Å². The zero-order chi connectivity index (χ0) is 7.82. The summed E-state index contributed by atoms with van der Waals surface area (Å²) < 4.78 is 4.59. The third-order valence-electron chi connectivity index (χ3n) is 0.819. The van der Waals surface area contributed by atoms with Crippen LogP contribution in [0.15, 0.2) is 5.16 Å². The van der Waals surface area contributed by atoms with Crippen LogP contribution in [0.2, 0.25) is 0 Å². The largest absolute Gasteiger partial charge is 0.327 e. The highest BCUT2D eigenvalue weighted by Gasteiger charge is 1.95. The van der Waals surface area contributed by atoms with Gasteiger partial charge in [-0.05, 0) is 5.75 Å². The highest BCUT2D eigenvalue weighted by Crippen LogP contribution is 2.02. The van der Waals surface area contributed by atoms with Gasteiger partial charge in [-0.25, -0.2) is 0 Å². The molecule has 0 aromatic rings. The molecule has 0 N–H and O–H groups in total. The van der Waals surface area contributed by atoms with Gasteiger partial charge in [0.15, 0.2) is 0 Å². The predicted octanol–water partition coefficient (Wildman–Crippen LogP) is 2.39. The number of thiol groups is 1. The standard InChI is InChI=1S/C5H10INOS2/c1-2-10-4-5(3-9)7-8-6/h9H,2-4H2,1H3/b7-5-. The molecule has 5 heteroatoms. The maximum Gasteiger partial charge on any atom is 0.230 e. The minimum atomic E-state index is 0.677. The van der Waals surface area contributed by atoms with Crippen molar-refractivity contribution in [3.63, 3.8) is 0 Å². The van der Waals surface area contributed by atoms with E-state index < -0.39 is 0 Å². The quantitative estimate of drug-likeness (QED) is 0.363. The molecule has 0 aromatic carbocycles. The second-order valence-corrected chi connectivity index (χ2v) is 3.51. The monoisotopic (exact) mass is 291 g/mol. The van der Waals surface area contributed by atoms with Crippen molar-refractivity contribution in [2.75, 3.05) is 17.3 Å². The zero-order valence-corrected chi connectivity index (χ0v) is 9.58. The molecule has 0 aliphatic rings. The fourth-order valence-corrected chi connectivity index (χ4v) is 1.56.